The first kappa shape index (κ1) is 25.5. The number of benzene rings is 1. The lowest BCUT2D eigenvalue weighted by Gasteiger charge is -2.18. The van der Waals surface area contributed by atoms with Crippen LogP contribution in [0.1, 0.15) is 48.6 Å². The predicted octanol–water partition coefficient (Wildman–Crippen LogP) is 5.50. The van der Waals surface area contributed by atoms with E-state index in [0.29, 0.717) is 25.3 Å². The molecule has 0 unspecified atom stereocenters. The zero-order valence-corrected chi connectivity index (χ0v) is 18.9. The summed E-state index contributed by atoms with van der Waals surface area (Å²) in [6, 6.07) is 4.46. The number of carboxylic acids is 1. The summed E-state index contributed by atoms with van der Waals surface area (Å²) in [4.78, 5) is 27.6. The summed E-state index contributed by atoms with van der Waals surface area (Å²) >= 11 is 0. The Labute approximate surface area is 200 Å². The lowest BCUT2D eigenvalue weighted by molar-refractivity contribution is -0.141. The van der Waals surface area contributed by atoms with Gasteiger partial charge in [-0.3, -0.25) is 9.59 Å². The second kappa shape index (κ2) is 8.82. The Hall–Kier alpha value is -3.57. The molecule has 3 aromatic rings. The summed E-state index contributed by atoms with van der Waals surface area (Å²) < 4.78 is 81.5. The van der Waals surface area contributed by atoms with Crippen molar-refractivity contribution in [1.82, 2.24) is 14.9 Å². The summed E-state index contributed by atoms with van der Waals surface area (Å²) in [7, 11) is 0. The largest absolute Gasteiger partial charge is 0.481 e. The maximum Gasteiger partial charge on any atom is 0.433 e. The van der Waals surface area contributed by atoms with Gasteiger partial charge in [-0.2, -0.15) is 26.3 Å². The van der Waals surface area contributed by atoms with Crippen molar-refractivity contribution in [2.24, 2.45) is 5.41 Å². The molecule has 0 saturated heterocycles. The third-order valence-electron chi connectivity index (χ3n) is 6.48. The minimum absolute atomic E-state index is 0.0111. The van der Waals surface area contributed by atoms with E-state index in [1.807, 2.05) is 6.92 Å². The van der Waals surface area contributed by atoms with Gasteiger partial charge in [0.1, 0.15) is 11.3 Å². The van der Waals surface area contributed by atoms with Crippen molar-refractivity contribution >= 4 is 22.9 Å². The van der Waals surface area contributed by atoms with E-state index in [-0.39, 0.29) is 40.3 Å². The average molecular weight is 513 g/mol. The van der Waals surface area contributed by atoms with E-state index in [2.05, 4.69) is 10.3 Å². The van der Waals surface area contributed by atoms with Crippen LogP contribution in [0.3, 0.4) is 0 Å². The van der Waals surface area contributed by atoms with E-state index in [1.165, 1.54) is 6.20 Å². The number of nitrogens with one attached hydrogen (secondary N) is 1. The van der Waals surface area contributed by atoms with Crippen LogP contribution in [-0.4, -0.2) is 26.5 Å². The van der Waals surface area contributed by atoms with Gasteiger partial charge in [0, 0.05) is 23.5 Å². The summed E-state index contributed by atoms with van der Waals surface area (Å²) in [6.45, 7) is 1.52. The first-order valence-electron chi connectivity index (χ1n) is 11.0. The van der Waals surface area contributed by atoms with Gasteiger partial charge in [-0.05, 0) is 60.7 Å². The zero-order chi connectivity index (χ0) is 26.5. The van der Waals surface area contributed by atoms with Crippen LogP contribution >= 0.6 is 0 Å². The number of halogens is 6. The molecule has 2 N–H and O–H groups in total. The lowest BCUT2D eigenvalue weighted by atomic mass is 10.0. The number of hydrogen-bond donors (Lipinski definition) is 2. The Kier molecular flexibility index (Phi) is 6.26. The maximum atomic E-state index is 13.4. The minimum Gasteiger partial charge on any atom is -0.481 e. The minimum atomic E-state index is -4.80. The summed E-state index contributed by atoms with van der Waals surface area (Å²) in [5, 5.41) is 12.0. The van der Waals surface area contributed by atoms with Crippen LogP contribution in [0.15, 0.2) is 36.5 Å². The number of amides is 1. The molecule has 0 spiro atoms. The molecule has 12 heteroatoms. The van der Waals surface area contributed by atoms with Crippen molar-refractivity contribution < 1.29 is 41.0 Å². The number of nitrogens with zero attached hydrogens (tertiary/aromatic N) is 2. The Balaban J connectivity index is 1.86. The summed E-state index contributed by atoms with van der Waals surface area (Å²) in [5.41, 5.74) is -2.90. The third kappa shape index (κ3) is 4.89. The molecule has 36 heavy (non-hydrogen) atoms. The van der Waals surface area contributed by atoms with E-state index in [0.717, 1.165) is 28.8 Å². The Morgan fingerprint density at radius 2 is 1.75 bits per heavy atom. The topological polar surface area (TPSA) is 84.2 Å². The van der Waals surface area contributed by atoms with Crippen molar-refractivity contribution in [2.45, 2.75) is 51.5 Å². The molecular formula is C24H21F6N3O3. The maximum absolute atomic E-state index is 13.4. The Morgan fingerprint density at radius 3 is 2.31 bits per heavy atom. The average Bonchev–Trinajstić information content (AvgIpc) is 3.52. The fourth-order valence-corrected chi connectivity index (χ4v) is 4.21. The van der Waals surface area contributed by atoms with Crippen LogP contribution in [0.5, 0.6) is 0 Å². The van der Waals surface area contributed by atoms with Crippen LogP contribution in [-0.2, 0) is 34.9 Å². The lowest BCUT2D eigenvalue weighted by Crippen LogP contribution is -2.31. The fraction of sp³-hybridized carbons (Fsp3) is 0.375. The highest BCUT2D eigenvalue weighted by Crippen LogP contribution is 2.48. The molecule has 1 aliphatic rings. The Bertz CT molecular complexity index is 1340. The molecule has 1 amide bonds. The van der Waals surface area contributed by atoms with Gasteiger partial charge in [-0.15, -0.1) is 0 Å². The molecular weight excluding hydrogens is 492 g/mol. The summed E-state index contributed by atoms with van der Waals surface area (Å²) in [5.74, 6) is -1.56. The van der Waals surface area contributed by atoms with Gasteiger partial charge in [0.25, 0.3) is 0 Å². The molecule has 6 nitrogen and oxygen atoms in total. The monoisotopic (exact) mass is 513 g/mol. The number of carboxylic acid groups (broad SMARTS) is 1. The quantitative estimate of drug-likeness (QED) is 0.409. The number of fused-ring (bicyclic) bond motifs is 1. The van der Waals surface area contributed by atoms with Gasteiger partial charge in [0.05, 0.1) is 17.7 Å². The van der Waals surface area contributed by atoms with Crippen molar-refractivity contribution in [1.29, 1.82) is 0 Å². The van der Waals surface area contributed by atoms with Gasteiger partial charge < -0.3 is 15.0 Å². The van der Waals surface area contributed by atoms with Crippen LogP contribution in [0, 0.1) is 5.41 Å². The van der Waals surface area contributed by atoms with Gasteiger partial charge >= 0.3 is 18.3 Å². The number of aromatic nitrogens is 2. The van der Waals surface area contributed by atoms with Crippen molar-refractivity contribution in [3.05, 3.63) is 58.9 Å². The fourth-order valence-electron chi connectivity index (χ4n) is 4.21. The van der Waals surface area contributed by atoms with E-state index in [4.69, 9.17) is 0 Å². The normalized spacial score (nSPS) is 15.2. The van der Waals surface area contributed by atoms with Gasteiger partial charge in [0.2, 0.25) is 5.91 Å². The molecule has 4 rings (SSSR count). The van der Waals surface area contributed by atoms with Gasteiger partial charge in [-0.1, -0.05) is 6.92 Å². The number of carbonyl (C=O) groups is 2. The van der Waals surface area contributed by atoms with Crippen molar-refractivity contribution in [3.8, 4) is 5.69 Å². The van der Waals surface area contributed by atoms with E-state index in [9.17, 15) is 41.0 Å². The number of hydrogen-bond acceptors (Lipinski definition) is 3. The number of alkyl halides is 6. The molecule has 1 aromatic carbocycles. The molecule has 1 aliphatic carbocycles. The molecule has 2 aromatic heterocycles. The highest BCUT2D eigenvalue weighted by atomic mass is 19.4. The highest BCUT2D eigenvalue weighted by Gasteiger charge is 2.47. The zero-order valence-electron chi connectivity index (χ0n) is 18.9. The first-order chi connectivity index (χ1) is 16.7. The molecule has 1 saturated carbocycles. The number of carbonyl (C=O) groups excluding carboxylic acids is 1. The number of rotatable bonds is 7. The second-order valence-electron chi connectivity index (χ2n) is 8.82. The molecule has 2 heterocycles. The summed E-state index contributed by atoms with van der Waals surface area (Å²) in [6.07, 6.45) is -6.90. The van der Waals surface area contributed by atoms with E-state index < -0.39 is 41.4 Å². The molecule has 0 radical (unpaired) electrons. The molecule has 0 bridgehead atoms. The first-order valence-corrected chi connectivity index (χ1v) is 11.0. The SMILES string of the molecule is CCC1(C(=O)NCc2cc(C(F)(F)F)ccc2-n2cc(CC(=O)O)c3ccc(C(F)(F)F)nc32)CC1. The standard InChI is InChI=1S/C24H21F6N3O3/c1-2-22(7-8-22)21(36)31-11-13-9-15(23(25,26)27)3-5-17(13)33-12-14(10-19(34)35)16-4-6-18(24(28,29)30)32-20(16)33/h3-6,9,12H,2,7-8,10-11H2,1H3,(H,31,36)(H,34,35). The smallest absolute Gasteiger partial charge is 0.433 e. The molecule has 1 fully saturated rings. The van der Waals surface area contributed by atoms with Crippen LogP contribution in [0.4, 0.5) is 26.3 Å². The van der Waals surface area contributed by atoms with Crippen molar-refractivity contribution in [3.63, 3.8) is 0 Å². The van der Waals surface area contributed by atoms with E-state index in [1.54, 1.807) is 0 Å². The highest BCUT2D eigenvalue weighted by molar-refractivity contribution is 5.87. The van der Waals surface area contributed by atoms with Crippen LogP contribution < -0.4 is 5.32 Å². The number of pyridine rings is 1. The van der Waals surface area contributed by atoms with Crippen molar-refractivity contribution in [2.75, 3.05) is 0 Å². The van der Waals surface area contributed by atoms with E-state index >= 15 is 0 Å². The third-order valence-corrected chi connectivity index (χ3v) is 6.48. The predicted molar refractivity (Wildman–Crippen MR) is 116 cm³/mol. The van der Waals surface area contributed by atoms with Crippen LogP contribution in [0.25, 0.3) is 16.7 Å². The molecule has 0 atom stereocenters. The second-order valence-corrected chi connectivity index (χ2v) is 8.82. The van der Waals surface area contributed by atoms with Crippen LogP contribution in [0.2, 0.25) is 0 Å². The number of aliphatic carboxylic acids is 1. The Morgan fingerprint density at radius 1 is 1.06 bits per heavy atom. The molecule has 192 valence electrons. The van der Waals surface area contributed by atoms with Gasteiger partial charge in [0.15, 0.2) is 0 Å². The van der Waals surface area contributed by atoms with Gasteiger partial charge in [-0.25, -0.2) is 4.98 Å². The molecule has 0 aliphatic heterocycles.